The summed E-state index contributed by atoms with van der Waals surface area (Å²) in [4.78, 5) is 11.3. The Kier molecular flexibility index (Phi) is 3.71. The van der Waals surface area contributed by atoms with Gasteiger partial charge in [0.2, 0.25) is 0 Å². The molecular formula is C20H21N3O2. The fourth-order valence-electron chi connectivity index (χ4n) is 3.66. The van der Waals surface area contributed by atoms with Gasteiger partial charge < -0.3 is 14.4 Å². The van der Waals surface area contributed by atoms with E-state index in [2.05, 4.69) is 53.0 Å². The van der Waals surface area contributed by atoms with E-state index in [1.165, 1.54) is 11.3 Å². The first kappa shape index (κ1) is 15.7. The highest BCUT2D eigenvalue weighted by molar-refractivity contribution is 5.94. The molecule has 5 nitrogen and oxygen atoms in total. The van der Waals surface area contributed by atoms with Crippen molar-refractivity contribution in [2.75, 3.05) is 19.1 Å². The summed E-state index contributed by atoms with van der Waals surface area (Å²) in [5.74, 6) is 2.68. The Morgan fingerprint density at radius 3 is 2.44 bits per heavy atom. The van der Waals surface area contributed by atoms with E-state index in [0.717, 1.165) is 16.7 Å². The fraction of sp³-hybridized carbons (Fsp3) is 0.300. The van der Waals surface area contributed by atoms with Crippen molar-refractivity contribution in [1.29, 1.82) is 0 Å². The predicted molar refractivity (Wildman–Crippen MR) is 99.1 cm³/mol. The van der Waals surface area contributed by atoms with Crippen molar-refractivity contribution >= 4 is 22.4 Å². The number of hydrogen-bond donors (Lipinski definition) is 0. The fourth-order valence-corrected chi connectivity index (χ4v) is 3.66. The second-order valence-corrected chi connectivity index (χ2v) is 6.38. The molecule has 1 aliphatic heterocycles. The molecule has 0 bridgehead atoms. The zero-order valence-corrected chi connectivity index (χ0v) is 14.9. The average molecular weight is 335 g/mol. The van der Waals surface area contributed by atoms with E-state index >= 15 is 0 Å². The molecule has 2 unspecified atom stereocenters. The van der Waals surface area contributed by atoms with Crippen molar-refractivity contribution in [2.24, 2.45) is 0 Å². The van der Waals surface area contributed by atoms with Gasteiger partial charge in [-0.2, -0.15) is 0 Å². The second kappa shape index (κ2) is 5.92. The van der Waals surface area contributed by atoms with Gasteiger partial charge in [-0.15, -0.1) is 0 Å². The van der Waals surface area contributed by atoms with E-state index < -0.39 is 0 Å². The molecule has 128 valence electrons. The van der Waals surface area contributed by atoms with Gasteiger partial charge in [0.25, 0.3) is 0 Å². The lowest BCUT2D eigenvalue weighted by atomic mass is 9.98. The minimum Gasteiger partial charge on any atom is -0.493 e. The first-order chi connectivity index (χ1) is 12.2. The lowest BCUT2D eigenvalue weighted by Crippen LogP contribution is -2.27. The molecule has 0 N–H and O–H groups in total. The lowest BCUT2D eigenvalue weighted by molar-refractivity contribution is 0.356. The minimum absolute atomic E-state index is 0.309. The van der Waals surface area contributed by atoms with Gasteiger partial charge in [0.05, 0.1) is 19.7 Å². The summed E-state index contributed by atoms with van der Waals surface area (Å²) in [5.41, 5.74) is 3.39. The summed E-state index contributed by atoms with van der Waals surface area (Å²) >= 11 is 0. The first-order valence-corrected chi connectivity index (χ1v) is 8.40. The molecule has 0 aliphatic carbocycles. The number of benzene rings is 2. The number of rotatable bonds is 3. The van der Waals surface area contributed by atoms with E-state index in [4.69, 9.17) is 9.47 Å². The van der Waals surface area contributed by atoms with Crippen LogP contribution < -0.4 is 14.4 Å². The number of fused-ring (bicyclic) bond motifs is 2. The van der Waals surface area contributed by atoms with Crippen molar-refractivity contribution in [3.63, 3.8) is 0 Å². The van der Waals surface area contributed by atoms with Gasteiger partial charge in [-0.1, -0.05) is 25.1 Å². The highest BCUT2D eigenvalue weighted by atomic mass is 16.5. The van der Waals surface area contributed by atoms with Crippen molar-refractivity contribution < 1.29 is 9.47 Å². The number of anilines is 2. The van der Waals surface area contributed by atoms with Gasteiger partial charge in [-0.05, 0) is 24.6 Å². The second-order valence-electron chi connectivity index (χ2n) is 6.38. The lowest BCUT2D eigenvalue weighted by Gasteiger charge is -2.26. The predicted octanol–water partition coefficient (Wildman–Crippen LogP) is 4.29. The number of nitrogens with zero attached hydrogens (tertiary/aromatic N) is 3. The van der Waals surface area contributed by atoms with Crippen molar-refractivity contribution in [3.05, 3.63) is 48.3 Å². The maximum atomic E-state index is 5.48. The van der Waals surface area contributed by atoms with E-state index in [1.54, 1.807) is 20.5 Å². The highest BCUT2D eigenvalue weighted by Crippen LogP contribution is 2.46. The van der Waals surface area contributed by atoms with E-state index in [0.29, 0.717) is 23.5 Å². The van der Waals surface area contributed by atoms with Crippen LogP contribution in [0.3, 0.4) is 0 Å². The molecule has 0 saturated heterocycles. The monoisotopic (exact) mass is 335 g/mol. The molecule has 0 spiro atoms. The summed E-state index contributed by atoms with van der Waals surface area (Å²) in [6, 6.07) is 12.7. The molecule has 2 heterocycles. The van der Waals surface area contributed by atoms with Gasteiger partial charge in [0.15, 0.2) is 11.5 Å². The largest absolute Gasteiger partial charge is 0.493 e. The number of ether oxygens (including phenoxy) is 2. The van der Waals surface area contributed by atoms with Crippen molar-refractivity contribution in [1.82, 2.24) is 9.97 Å². The maximum absolute atomic E-state index is 5.48. The number of para-hydroxylation sites is 1. The molecule has 0 saturated carbocycles. The van der Waals surface area contributed by atoms with Crippen LogP contribution in [0, 0.1) is 0 Å². The molecule has 3 aromatic rings. The third kappa shape index (κ3) is 2.30. The average Bonchev–Trinajstić information content (AvgIpc) is 2.91. The normalized spacial score (nSPS) is 19.1. The van der Waals surface area contributed by atoms with Gasteiger partial charge in [0, 0.05) is 29.1 Å². The van der Waals surface area contributed by atoms with Crippen LogP contribution in [0.15, 0.2) is 42.7 Å². The molecule has 1 aliphatic rings. The van der Waals surface area contributed by atoms with Crippen LogP contribution in [0.1, 0.15) is 25.3 Å². The van der Waals surface area contributed by atoms with E-state index in [1.807, 2.05) is 12.1 Å². The standard InChI is InChI=1S/C20H21N3O2/c1-12-13(2)23(17-8-6-5-7-14(12)17)20-15-9-18(24-3)19(25-4)10-16(15)21-11-22-20/h5-13H,1-4H3. The zero-order valence-electron chi connectivity index (χ0n) is 14.9. The topological polar surface area (TPSA) is 47.5 Å². The number of aromatic nitrogens is 2. The van der Waals surface area contributed by atoms with E-state index in [9.17, 15) is 0 Å². The molecule has 0 amide bonds. The maximum Gasteiger partial charge on any atom is 0.162 e. The van der Waals surface area contributed by atoms with Gasteiger partial charge in [-0.3, -0.25) is 0 Å². The van der Waals surface area contributed by atoms with Gasteiger partial charge >= 0.3 is 0 Å². The Morgan fingerprint density at radius 2 is 1.68 bits per heavy atom. The van der Waals surface area contributed by atoms with Crippen LogP contribution >= 0.6 is 0 Å². The molecule has 0 radical (unpaired) electrons. The van der Waals surface area contributed by atoms with Crippen molar-refractivity contribution in [3.8, 4) is 11.5 Å². The third-order valence-electron chi connectivity index (χ3n) is 5.17. The van der Waals surface area contributed by atoms with Crippen LogP contribution in [0.25, 0.3) is 10.9 Å². The van der Waals surface area contributed by atoms with Gasteiger partial charge in [0.1, 0.15) is 12.1 Å². The first-order valence-electron chi connectivity index (χ1n) is 8.40. The molecule has 5 heteroatoms. The third-order valence-corrected chi connectivity index (χ3v) is 5.17. The van der Waals surface area contributed by atoms with Crippen LogP contribution in [-0.4, -0.2) is 30.2 Å². The Hall–Kier alpha value is -2.82. The molecule has 25 heavy (non-hydrogen) atoms. The number of methoxy groups -OCH3 is 2. The SMILES string of the molecule is COc1cc2ncnc(N3c4ccccc4C(C)C3C)c2cc1OC. The Balaban J connectivity index is 1.96. The minimum atomic E-state index is 0.309. The summed E-state index contributed by atoms with van der Waals surface area (Å²) in [6.45, 7) is 4.50. The van der Waals surface area contributed by atoms with Crippen LogP contribution in [-0.2, 0) is 0 Å². The zero-order chi connectivity index (χ0) is 17.6. The number of hydrogen-bond acceptors (Lipinski definition) is 5. The summed E-state index contributed by atoms with van der Waals surface area (Å²) in [6.07, 6.45) is 1.61. The quantitative estimate of drug-likeness (QED) is 0.714. The Labute approximate surface area is 147 Å². The molecule has 4 rings (SSSR count). The smallest absolute Gasteiger partial charge is 0.162 e. The summed E-state index contributed by atoms with van der Waals surface area (Å²) in [5, 5.41) is 0.955. The van der Waals surface area contributed by atoms with Crippen LogP contribution in [0.5, 0.6) is 11.5 Å². The molecular weight excluding hydrogens is 314 g/mol. The Bertz CT molecular complexity index is 941. The van der Waals surface area contributed by atoms with Crippen LogP contribution in [0.4, 0.5) is 11.5 Å². The highest BCUT2D eigenvalue weighted by Gasteiger charge is 2.34. The van der Waals surface area contributed by atoms with Crippen LogP contribution in [0.2, 0.25) is 0 Å². The molecule has 2 aromatic carbocycles. The molecule has 2 atom stereocenters. The van der Waals surface area contributed by atoms with Crippen molar-refractivity contribution in [2.45, 2.75) is 25.8 Å². The van der Waals surface area contributed by atoms with E-state index in [-0.39, 0.29) is 0 Å². The molecule has 1 aromatic heterocycles. The summed E-state index contributed by atoms with van der Waals surface area (Å²) < 4.78 is 10.9. The molecule has 0 fully saturated rings. The summed E-state index contributed by atoms with van der Waals surface area (Å²) in [7, 11) is 3.27. The Morgan fingerprint density at radius 1 is 0.960 bits per heavy atom. The van der Waals surface area contributed by atoms with Gasteiger partial charge in [-0.25, -0.2) is 9.97 Å².